The van der Waals surface area contributed by atoms with Crippen LogP contribution in [0.4, 0.5) is 11.6 Å². The number of rotatable bonds is 6. The fourth-order valence-electron chi connectivity index (χ4n) is 2.77. The van der Waals surface area contributed by atoms with Gasteiger partial charge in [0.15, 0.2) is 0 Å². The zero-order valence-corrected chi connectivity index (χ0v) is 12.3. The molecule has 1 aliphatic rings. The lowest BCUT2D eigenvalue weighted by molar-refractivity contribution is 0.634. The summed E-state index contributed by atoms with van der Waals surface area (Å²) >= 11 is 0. The van der Waals surface area contributed by atoms with Crippen molar-refractivity contribution < 1.29 is 0 Å². The predicted octanol–water partition coefficient (Wildman–Crippen LogP) is 2.47. The highest BCUT2D eigenvalue weighted by atomic mass is 15.3. The summed E-state index contributed by atoms with van der Waals surface area (Å²) in [5, 5.41) is 3.41. The molecular weight excluding hydrogens is 262 g/mol. The Balaban J connectivity index is 1.67. The van der Waals surface area contributed by atoms with Gasteiger partial charge in [-0.25, -0.2) is 15.8 Å². The maximum Gasteiger partial charge on any atom is 0.145 e. The van der Waals surface area contributed by atoms with E-state index in [-0.39, 0.29) is 0 Å². The van der Waals surface area contributed by atoms with Crippen LogP contribution >= 0.6 is 0 Å². The Morgan fingerprint density at radius 2 is 2.05 bits per heavy atom. The minimum Gasteiger partial charge on any atom is -0.369 e. The average molecular weight is 283 g/mol. The lowest BCUT2D eigenvalue weighted by Gasteiger charge is -2.30. The molecule has 1 unspecified atom stereocenters. The van der Waals surface area contributed by atoms with Gasteiger partial charge in [-0.15, -0.1) is 0 Å². The van der Waals surface area contributed by atoms with Gasteiger partial charge in [-0.2, -0.15) is 0 Å². The number of nitrogens with zero attached hydrogens (tertiary/aromatic N) is 2. The van der Waals surface area contributed by atoms with Crippen LogP contribution in [0.5, 0.6) is 0 Å². The van der Waals surface area contributed by atoms with Crippen molar-refractivity contribution in [1.29, 1.82) is 0 Å². The van der Waals surface area contributed by atoms with Gasteiger partial charge in [0.05, 0.1) is 0 Å². The minimum absolute atomic E-state index is 0.570. The van der Waals surface area contributed by atoms with Crippen LogP contribution in [0.3, 0.4) is 0 Å². The molecule has 5 nitrogen and oxygen atoms in total. The van der Waals surface area contributed by atoms with Crippen LogP contribution in [0.15, 0.2) is 30.3 Å². The molecule has 3 rings (SSSR count). The third-order valence-electron chi connectivity index (χ3n) is 3.88. The number of hydrazine groups is 1. The topological polar surface area (TPSA) is 75.9 Å². The highest BCUT2D eigenvalue weighted by Crippen LogP contribution is 2.34. The molecule has 1 aromatic carbocycles. The molecule has 0 amide bonds. The quantitative estimate of drug-likeness (QED) is 0.561. The van der Waals surface area contributed by atoms with Gasteiger partial charge in [-0.3, -0.25) is 0 Å². The van der Waals surface area contributed by atoms with E-state index in [2.05, 4.69) is 51.9 Å². The van der Waals surface area contributed by atoms with Crippen molar-refractivity contribution >= 4 is 11.6 Å². The lowest BCUT2D eigenvalue weighted by atomic mass is 9.77. The van der Waals surface area contributed by atoms with E-state index in [1.165, 1.54) is 11.1 Å². The summed E-state index contributed by atoms with van der Waals surface area (Å²) < 4.78 is 0. The maximum absolute atomic E-state index is 5.47. The van der Waals surface area contributed by atoms with Gasteiger partial charge >= 0.3 is 0 Å². The van der Waals surface area contributed by atoms with Gasteiger partial charge in [-0.05, 0) is 24.0 Å². The van der Waals surface area contributed by atoms with Crippen molar-refractivity contribution in [2.45, 2.75) is 32.1 Å². The number of anilines is 2. The van der Waals surface area contributed by atoms with Crippen LogP contribution in [0.1, 0.15) is 36.2 Å². The van der Waals surface area contributed by atoms with E-state index in [0.717, 1.165) is 37.4 Å². The second kappa shape index (κ2) is 6.10. The molecule has 1 aromatic heterocycles. The summed E-state index contributed by atoms with van der Waals surface area (Å²) in [5.41, 5.74) is 5.52. The predicted molar refractivity (Wildman–Crippen MR) is 85.2 cm³/mol. The van der Waals surface area contributed by atoms with Gasteiger partial charge < -0.3 is 10.7 Å². The average Bonchev–Trinajstić information content (AvgIpc) is 2.48. The molecule has 4 N–H and O–H groups in total. The van der Waals surface area contributed by atoms with Crippen LogP contribution in [0, 0.1) is 0 Å². The van der Waals surface area contributed by atoms with Crippen molar-refractivity contribution in [2.75, 3.05) is 17.3 Å². The Morgan fingerprint density at radius 1 is 1.24 bits per heavy atom. The van der Waals surface area contributed by atoms with Crippen LogP contribution < -0.4 is 16.6 Å². The summed E-state index contributed by atoms with van der Waals surface area (Å²) in [6, 6.07) is 10.5. The van der Waals surface area contributed by atoms with Crippen LogP contribution in [-0.4, -0.2) is 16.5 Å². The molecule has 0 saturated carbocycles. The van der Waals surface area contributed by atoms with Crippen molar-refractivity contribution in [3.05, 3.63) is 47.3 Å². The summed E-state index contributed by atoms with van der Waals surface area (Å²) in [5.74, 6) is 8.36. The zero-order valence-electron chi connectivity index (χ0n) is 12.3. The number of nitrogens with two attached hydrogens (primary N) is 1. The maximum atomic E-state index is 5.47. The van der Waals surface area contributed by atoms with Gasteiger partial charge in [-0.1, -0.05) is 31.2 Å². The number of nitrogen functional groups attached to an aromatic ring is 1. The Kier molecular flexibility index (Phi) is 4.01. The zero-order chi connectivity index (χ0) is 14.7. The highest BCUT2D eigenvalue weighted by Gasteiger charge is 2.24. The molecule has 1 aliphatic carbocycles. The first-order chi connectivity index (χ1) is 10.3. The number of hydrogen-bond donors (Lipinski definition) is 3. The van der Waals surface area contributed by atoms with Crippen molar-refractivity contribution in [1.82, 2.24) is 9.97 Å². The molecule has 5 heteroatoms. The monoisotopic (exact) mass is 283 g/mol. The van der Waals surface area contributed by atoms with Gasteiger partial charge in [0, 0.05) is 24.9 Å². The first-order valence-electron chi connectivity index (χ1n) is 7.46. The van der Waals surface area contributed by atoms with Crippen molar-refractivity contribution in [3.63, 3.8) is 0 Å². The first kappa shape index (κ1) is 13.8. The largest absolute Gasteiger partial charge is 0.369 e. The third kappa shape index (κ3) is 2.97. The van der Waals surface area contributed by atoms with E-state index in [0.29, 0.717) is 11.7 Å². The van der Waals surface area contributed by atoms with Crippen LogP contribution in [0.2, 0.25) is 0 Å². The first-order valence-corrected chi connectivity index (χ1v) is 7.46. The Morgan fingerprint density at radius 3 is 2.81 bits per heavy atom. The summed E-state index contributed by atoms with van der Waals surface area (Å²) in [4.78, 5) is 8.89. The minimum atomic E-state index is 0.570. The molecule has 110 valence electrons. The van der Waals surface area contributed by atoms with Gasteiger partial charge in [0.2, 0.25) is 0 Å². The number of nitrogens with one attached hydrogen (secondary N) is 2. The molecule has 0 fully saturated rings. The van der Waals surface area contributed by atoms with E-state index in [4.69, 9.17) is 5.84 Å². The van der Waals surface area contributed by atoms with Crippen molar-refractivity contribution in [3.8, 4) is 0 Å². The number of hydrogen-bond acceptors (Lipinski definition) is 5. The van der Waals surface area contributed by atoms with E-state index >= 15 is 0 Å². The van der Waals surface area contributed by atoms with Crippen LogP contribution in [-0.2, 0) is 12.8 Å². The fourth-order valence-corrected chi connectivity index (χ4v) is 2.77. The van der Waals surface area contributed by atoms with Crippen molar-refractivity contribution in [2.24, 2.45) is 5.84 Å². The molecule has 1 heterocycles. The fraction of sp³-hybridized carbons (Fsp3) is 0.375. The molecule has 0 saturated heterocycles. The SMILES string of the molecule is CCCc1nc(NN)cc(NCC2Cc3ccccc32)n1. The summed E-state index contributed by atoms with van der Waals surface area (Å²) in [6.07, 6.45) is 3.01. The smallest absolute Gasteiger partial charge is 0.145 e. The highest BCUT2D eigenvalue weighted by molar-refractivity contribution is 5.48. The number of aryl methyl sites for hydroxylation is 1. The third-order valence-corrected chi connectivity index (χ3v) is 3.88. The lowest BCUT2D eigenvalue weighted by Crippen LogP contribution is -2.24. The van der Waals surface area contributed by atoms with Gasteiger partial charge in [0.25, 0.3) is 0 Å². The molecule has 0 spiro atoms. The standard InChI is InChI=1S/C16H21N5/c1-2-5-14-19-15(9-16(20-14)21-17)18-10-12-8-11-6-3-4-7-13(11)12/h3-4,6-7,9,12H,2,5,8,10,17H2,1H3,(H2,18,19,20,21). The van der Waals surface area contributed by atoms with E-state index in [1.54, 1.807) is 0 Å². The molecule has 0 aliphatic heterocycles. The Hall–Kier alpha value is -2.14. The normalized spacial score (nSPS) is 16.0. The molecule has 2 aromatic rings. The number of fused-ring (bicyclic) bond motifs is 1. The number of benzene rings is 1. The second-order valence-electron chi connectivity index (χ2n) is 5.43. The summed E-state index contributed by atoms with van der Waals surface area (Å²) in [6.45, 7) is 3.01. The molecular formula is C16H21N5. The Labute approximate surface area is 125 Å². The molecule has 0 radical (unpaired) electrons. The van der Waals surface area contributed by atoms with E-state index < -0.39 is 0 Å². The molecule has 0 bridgehead atoms. The number of aromatic nitrogens is 2. The van der Waals surface area contributed by atoms with Crippen LogP contribution in [0.25, 0.3) is 0 Å². The molecule has 1 atom stereocenters. The Bertz CT molecular complexity index is 626. The van der Waals surface area contributed by atoms with Gasteiger partial charge in [0.1, 0.15) is 17.5 Å². The van der Waals surface area contributed by atoms with E-state index in [9.17, 15) is 0 Å². The molecule has 21 heavy (non-hydrogen) atoms. The second-order valence-corrected chi connectivity index (χ2v) is 5.43. The van der Waals surface area contributed by atoms with E-state index in [1.807, 2.05) is 6.07 Å². The summed E-state index contributed by atoms with van der Waals surface area (Å²) in [7, 11) is 0.